The first-order valence-corrected chi connectivity index (χ1v) is 4.99. The Hall–Kier alpha value is -1.66. The van der Waals surface area contributed by atoms with Crippen molar-refractivity contribution < 1.29 is 4.79 Å². The van der Waals surface area contributed by atoms with Gasteiger partial charge in [-0.25, -0.2) is 9.79 Å². The summed E-state index contributed by atoms with van der Waals surface area (Å²) >= 11 is 0. The van der Waals surface area contributed by atoms with E-state index in [0.29, 0.717) is 6.54 Å². The van der Waals surface area contributed by atoms with Gasteiger partial charge in [-0.05, 0) is 18.9 Å². The summed E-state index contributed by atoms with van der Waals surface area (Å²) in [6.45, 7) is 6.48. The Morgan fingerprint density at radius 2 is 2.13 bits per heavy atom. The zero-order valence-corrected chi connectivity index (χ0v) is 8.94. The molecule has 1 aromatic carbocycles. The standard InChI is InChI=1S/C13H15NO/c1-11(2)13(8-9-14-10-15)12-6-4-3-5-7-12/h3-7,13H,1,8-9H2,2H3. The predicted octanol–water partition coefficient (Wildman–Crippen LogP) is 3.07. The third-order valence-electron chi connectivity index (χ3n) is 2.39. The molecule has 0 aliphatic rings. The van der Waals surface area contributed by atoms with Gasteiger partial charge in [-0.1, -0.05) is 42.5 Å². The van der Waals surface area contributed by atoms with E-state index in [9.17, 15) is 4.79 Å². The SMILES string of the molecule is C=C(C)C(CCN=C=O)c1ccccc1. The number of nitrogens with zero attached hydrogens (tertiary/aromatic N) is 1. The molecule has 0 amide bonds. The maximum Gasteiger partial charge on any atom is 0.234 e. The Morgan fingerprint density at radius 3 is 2.67 bits per heavy atom. The molecule has 15 heavy (non-hydrogen) atoms. The van der Waals surface area contributed by atoms with Crippen molar-refractivity contribution in [3.63, 3.8) is 0 Å². The minimum atomic E-state index is 0.281. The van der Waals surface area contributed by atoms with Gasteiger partial charge >= 0.3 is 0 Å². The first kappa shape index (κ1) is 11.4. The first-order valence-electron chi connectivity index (χ1n) is 4.99. The number of benzene rings is 1. The van der Waals surface area contributed by atoms with Crippen LogP contribution >= 0.6 is 0 Å². The molecule has 1 unspecified atom stereocenters. The zero-order chi connectivity index (χ0) is 11.1. The second-order valence-electron chi connectivity index (χ2n) is 3.57. The van der Waals surface area contributed by atoms with Gasteiger partial charge < -0.3 is 0 Å². The van der Waals surface area contributed by atoms with Crippen LogP contribution in [-0.2, 0) is 4.79 Å². The minimum absolute atomic E-state index is 0.281. The van der Waals surface area contributed by atoms with E-state index >= 15 is 0 Å². The highest BCUT2D eigenvalue weighted by atomic mass is 16.1. The Morgan fingerprint density at radius 1 is 1.47 bits per heavy atom. The summed E-state index contributed by atoms with van der Waals surface area (Å²) in [6, 6.07) is 10.2. The van der Waals surface area contributed by atoms with Crippen molar-refractivity contribution in [3.8, 4) is 0 Å². The van der Waals surface area contributed by atoms with E-state index < -0.39 is 0 Å². The van der Waals surface area contributed by atoms with Crippen LogP contribution in [0.2, 0.25) is 0 Å². The van der Waals surface area contributed by atoms with Crippen LogP contribution < -0.4 is 0 Å². The molecule has 1 rings (SSSR count). The van der Waals surface area contributed by atoms with Gasteiger partial charge in [0.05, 0.1) is 6.54 Å². The molecule has 2 nitrogen and oxygen atoms in total. The van der Waals surface area contributed by atoms with Crippen molar-refractivity contribution in [1.29, 1.82) is 0 Å². The van der Waals surface area contributed by atoms with E-state index in [4.69, 9.17) is 0 Å². The molecule has 0 saturated carbocycles. The number of carbonyl (C=O) groups excluding carboxylic acids is 1. The quantitative estimate of drug-likeness (QED) is 0.409. The highest BCUT2D eigenvalue weighted by Crippen LogP contribution is 2.26. The molecule has 0 aromatic heterocycles. The Balaban J connectivity index is 2.75. The number of aliphatic imine (C=N–C) groups is 1. The van der Waals surface area contributed by atoms with Gasteiger partial charge in [0.2, 0.25) is 6.08 Å². The lowest BCUT2D eigenvalue weighted by Gasteiger charge is -2.15. The molecule has 2 heteroatoms. The second kappa shape index (κ2) is 5.94. The molecule has 1 atom stereocenters. The third kappa shape index (κ3) is 3.53. The molecule has 78 valence electrons. The summed E-state index contributed by atoms with van der Waals surface area (Å²) in [5.74, 6) is 0.281. The molecule has 0 radical (unpaired) electrons. The van der Waals surface area contributed by atoms with Crippen molar-refractivity contribution in [2.24, 2.45) is 4.99 Å². The maximum atomic E-state index is 9.98. The molecule has 0 heterocycles. The highest BCUT2D eigenvalue weighted by molar-refractivity contribution is 5.33. The second-order valence-corrected chi connectivity index (χ2v) is 3.57. The van der Waals surface area contributed by atoms with E-state index in [0.717, 1.165) is 12.0 Å². The molecule has 0 N–H and O–H groups in total. The smallest absolute Gasteiger partial charge is 0.211 e. The van der Waals surface area contributed by atoms with Crippen LogP contribution in [0.1, 0.15) is 24.8 Å². The lowest BCUT2D eigenvalue weighted by molar-refractivity contribution is 0.561. The molecule has 0 fully saturated rings. The zero-order valence-electron chi connectivity index (χ0n) is 8.94. The predicted molar refractivity (Wildman–Crippen MR) is 61.6 cm³/mol. The fourth-order valence-corrected chi connectivity index (χ4v) is 1.62. The van der Waals surface area contributed by atoms with Gasteiger partial charge in [-0.15, -0.1) is 0 Å². The van der Waals surface area contributed by atoms with Gasteiger partial charge in [0, 0.05) is 5.92 Å². The maximum absolute atomic E-state index is 9.98. The highest BCUT2D eigenvalue weighted by Gasteiger charge is 2.10. The van der Waals surface area contributed by atoms with Gasteiger partial charge in [-0.2, -0.15) is 0 Å². The van der Waals surface area contributed by atoms with E-state index in [1.807, 2.05) is 25.1 Å². The van der Waals surface area contributed by atoms with Gasteiger partial charge in [0.1, 0.15) is 0 Å². The van der Waals surface area contributed by atoms with E-state index in [-0.39, 0.29) is 5.92 Å². The molecule has 0 aliphatic carbocycles. The molecule has 0 aliphatic heterocycles. The number of hydrogen-bond acceptors (Lipinski definition) is 2. The summed E-state index contributed by atoms with van der Waals surface area (Å²) in [5.41, 5.74) is 2.33. The fourth-order valence-electron chi connectivity index (χ4n) is 1.62. The average Bonchev–Trinajstić information content (AvgIpc) is 2.25. The topological polar surface area (TPSA) is 29.4 Å². The summed E-state index contributed by atoms with van der Waals surface area (Å²) in [6.07, 6.45) is 2.37. The van der Waals surface area contributed by atoms with Crippen LogP contribution in [0, 0.1) is 0 Å². The molecule has 0 spiro atoms. The number of allylic oxidation sites excluding steroid dienone is 1. The van der Waals surface area contributed by atoms with E-state index in [1.54, 1.807) is 6.08 Å². The van der Waals surface area contributed by atoms with Crippen LogP contribution in [0.4, 0.5) is 0 Å². The minimum Gasteiger partial charge on any atom is -0.211 e. The summed E-state index contributed by atoms with van der Waals surface area (Å²) < 4.78 is 0. The number of isocyanates is 1. The third-order valence-corrected chi connectivity index (χ3v) is 2.39. The molecule has 0 saturated heterocycles. The fraction of sp³-hybridized carbons (Fsp3) is 0.308. The molecular weight excluding hydrogens is 186 g/mol. The van der Waals surface area contributed by atoms with E-state index in [1.165, 1.54) is 5.56 Å². The van der Waals surface area contributed by atoms with Crippen molar-refractivity contribution in [2.45, 2.75) is 19.3 Å². The number of hydrogen-bond donors (Lipinski definition) is 0. The van der Waals surface area contributed by atoms with Crippen molar-refractivity contribution in [2.75, 3.05) is 6.54 Å². The molecular formula is C13H15NO. The first-order chi connectivity index (χ1) is 7.25. The van der Waals surface area contributed by atoms with Crippen LogP contribution in [0.15, 0.2) is 47.5 Å². The molecule has 0 bridgehead atoms. The van der Waals surface area contributed by atoms with Gasteiger partial charge in [0.25, 0.3) is 0 Å². The van der Waals surface area contributed by atoms with Crippen LogP contribution in [0.3, 0.4) is 0 Å². The van der Waals surface area contributed by atoms with Crippen molar-refractivity contribution >= 4 is 6.08 Å². The Bertz CT molecular complexity index is 363. The van der Waals surface area contributed by atoms with Gasteiger partial charge in [0.15, 0.2) is 0 Å². The summed E-state index contributed by atoms with van der Waals surface area (Å²) in [4.78, 5) is 13.6. The Labute approximate surface area is 90.4 Å². The van der Waals surface area contributed by atoms with Gasteiger partial charge in [-0.3, -0.25) is 0 Å². The number of rotatable bonds is 5. The summed E-state index contributed by atoms with van der Waals surface area (Å²) in [7, 11) is 0. The molecule has 1 aromatic rings. The van der Waals surface area contributed by atoms with Crippen LogP contribution in [0.5, 0.6) is 0 Å². The lowest BCUT2D eigenvalue weighted by Crippen LogP contribution is -2.01. The summed E-state index contributed by atoms with van der Waals surface area (Å²) in [5, 5.41) is 0. The van der Waals surface area contributed by atoms with Crippen LogP contribution in [-0.4, -0.2) is 12.6 Å². The average molecular weight is 201 g/mol. The van der Waals surface area contributed by atoms with Crippen molar-refractivity contribution in [1.82, 2.24) is 0 Å². The van der Waals surface area contributed by atoms with Crippen LogP contribution in [0.25, 0.3) is 0 Å². The van der Waals surface area contributed by atoms with E-state index in [2.05, 4.69) is 23.7 Å². The Kier molecular flexibility index (Phi) is 4.52. The normalized spacial score (nSPS) is 11.5. The monoisotopic (exact) mass is 201 g/mol. The van der Waals surface area contributed by atoms with Crippen molar-refractivity contribution in [3.05, 3.63) is 48.0 Å². The lowest BCUT2D eigenvalue weighted by atomic mass is 9.90. The largest absolute Gasteiger partial charge is 0.234 e.